The Morgan fingerprint density at radius 1 is 0.733 bits per heavy atom. The highest BCUT2D eigenvalue weighted by atomic mass is 19.4. The molecular formula is C15H17F13O2. The maximum atomic E-state index is 14.1. The van der Waals surface area contributed by atoms with Gasteiger partial charge >= 0.3 is 41.8 Å². The fraction of sp³-hybridized carbons (Fsp3) is 0.933. The number of rotatable bonds is 10. The van der Waals surface area contributed by atoms with Crippen molar-refractivity contribution in [2.24, 2.45) is 11.8 Å². The summed E-state index contributed by atoms with van der Waals surface area (Å²) in [4.78, 5) is 11.7. The second kappa shape index (κ2) is 8.60. The summed E-state index contributed by atoms with van der Waals surface area (Å²) in [6, 6.07) is 0. The van der Waals surface area contributed by atoms with Crippen molar-refractivity contribution in [1.82, 2.24) is 0 Å². The Morgan fingerprint density at radius 3 is 1.47 bits per heavy atom. The van der Waals surface area contributed by atoms with Crippen molar-refractivity contribution in [2.75, 3.05) is 6.61 Å². The Labute approximate surface area is 161 Å². The minimum atomic E-state index is -7.96. The van der Waals surface area contributed by atoms with Crippen LogP contribution in [0.1, 0.15) is 33.6 Å². The van der Waals surface area contributed by atoms with E-state index in [1.807, 2.05) is 0 Å². The zero-order valence-corrected chi connectivity index (χ0v) is 15.5. The number of carbonyl (C=O) groups excluding carboxylic acids is 1. The van der Waals surface area contributed by atoms with Gasteiger partial charge in [-0.1, -0.05) is 20.8 Å². The molecule has 0 N–H and O–H groups in total. The molecule has 0 rings (SSSR count). The third-order valence-corrected chi connectivity index (χ3v) is 4.32. The van der Waals surface area contributed by atoms with Crippen molar-refractivity contribution in [1.29, 1.82) is 0 Å². The molecule has 0 aliphatic carbocycles. The van der Waals surface area contributed by atoms with Crippen molar-refractivity contribution in [3.63, 3.8) is 0 Å². The lowest BCUT2D eigenvalue weighted by atomic mass is 9.80. The average molecular weight is 476 g/mol. The first-order valence-electron chi connectivity index (χ1n) is 8.21. The first-order chi connectivity index (χ1) is 13.1. The van der Waals surface area contributed by atoms with Crippen molar-refractivity contribution in [3.8, 4) is 0 Å². The molecule has 0 aromatic carbocycles. The van der Waals surface area contributed by atoms with Gasteiger partial charge in [-0.2, -0.15) is 57.1 Å². The van der Waals surface area contributed by atoms with Crippen LogP contribution in [0.5, 0.6) is 0 Å². The first kappa shape index (κ1) is 28.6. The smallest absolute Gasteiger partial charge is 0.460 e. The van der Waals surface area contributed by atoms with Gasteiger partial charge in [0.15, 0.2) is 0 Å². The van der Waals surface area contributed by atoms with Crippen molar-refractivity contribution in [3.05, 3.63) is 0 Å². The van der Waals surface area contributed by atoms with E-state index < -0.39 is 66.6 Å². The number of hydrogen-bond donors (Lipinski definition) is 0. The molecule has 0 aromatic heterocycles. The monoisotopic (exact) mass is 476 g/mol. The Balaban J connectivity index is 6.31. The highest BCUT2D eigenvalue weighted by Crippen LogP contribution is 2.61. The topological polar surface area (TPSA) is 26.3 Å². The molecule has 0 aliphatic rings. The van der Waals surface area contributed by atoms with Gasteiger partial charge in [-0.3, -0.25) is 4.79 Å². The van der Waals surface area contributed by atoms with Gasteiger partial charge in [0, 0.05) is 5.92 Å². The molecule has 0 aromatic rings. The van der Waals surface area contributed by atoms with Crippen LogP contribution in [0.3, 0.4) is 0 Å². The molecule has 2 nitrogen and oxygen atoms in total. The van der Waals surface area contributed by atoms with Crippen LogP contribution >= 0.6 is 0 Å². The number of alkyl halides is 13. The standard InChI is InChI=1S/C15H17F13O2/c1-4-6-30-9(29)8(5-2)7(3)10(16,17)11(18,19)12(20,21)13(22,23)14(24,25)15(26,27)28/h7-8H,4-6H2,1-3H3. The van der Waals surface area contributed by atoms with Crippen molar-refractivity contribution in [2.45, 2.75) is 69.4 Å². The van der Waals surface area contributed by atoms with E-state index in [2.05, 4.69) is 4.74 Å². The molecular weight excluding hydrogens is 459 g/mol. The Bertz CT molecular complexity index is 598. The van der Waals surface area contributed by atoms with Gasteiger partial charge in [0.05, 0.1) is 12.5 Å². The van der Waals surface area contributed by atoms with Gasteiger partial charge < -0.3 is 4.74 Å². The molecule has 30 heavy (non-hydrogen) atoms. The molecule has 0 spiro atoms. The molecule has 0 radical (unpaired) electrons. The predicted molar refractivity (Wildman–Crippen MR) is 75.0 cm³/mol. The summed E-state index contributed by atoms with van der Waals surface area (Å²) in [5.74, 6) is -44.5. The third kappa shape index (κ3) is 4.30. The molecule has 2 atom stereocenters. The number of hydrogen-bond acceptors (Lipinski definition) is 2. The lowest BCUT2D eigenvalue weighted by molar-refractivity contribution is -0.443. The van der Waals surface area contributed by atoms with Crippen LogP contribution in [0.25, 0.3) is 0 Å². The second-order valence-electron chi connectivity index (χ2n) is 6.39. The highest BCUT2D eigenvalue weighted by molar-refractivity contribution is 5.72. The summed E-state index contributed by atoms with van der Waals surface area (Å²) in [5.41, 5.74) is 0. The van der Waals surface area contributed by atoms with E-state index in [0.717, 1.165) is 6.92 Å². The molecule has 0 amide bonds. The highest BCUT2D eigenvalue weighted by Gasteiger charge is 2.91. The van der Waals surface area contributed by atoms with Crippen LogP contribution < -0.4 is 0 Å². The summed E-state index contributed by atoms with van der Waals surface area (Å²) >= 11 is 0. The summed E-state index contributed by atoms with van der Waals surface area (Å²) in [6.07, 6.45) is -8.09. The van der Waals surface area contributed by atoms with E-state index >= 15 is 0 Å². The van der Waals surface area contributed by atoms with E-state index in [-0.39, 0.29) is 13.3 Å². The van der Waals surface area contributed by atoms with Gasteiger partial charge in [-0.25, -0.2) is 0 Å². The summed E-state index contributed by atoms with van der Waals surface area (Å²) in [6.45, 7) is 2.01. The molecule has 0 fully saturated rings. The molecule has 180 valence electrons. The molecule has 2 unspecified atom stereocenters. The van der Waals surface area contributed by atoms with Gasteiger partial charge in [0.1, 0.15) is 0 Å². The van der Waals surface area contributed by atoms with E-state index in [1.54, 1.807) is 0 Å². The zero-order valence-electron chi connectivity index (χ0n) is 15.5. The lowest BCUT2D eigenvalue weighted by Crippen LogP contribution is -2.71. The van der Waals surface area contributed by atoms with Crippen LogP contribution in [0.15, 0.2) is 0 Å². The minimum absolute atomic E-state index is 0.0470. The van der Waals surface area contributed by atoms with Crippen LogP contribution in [-0.4, -0.2) is 48.4 Å². The van der Waals surface area contributed by atoms with E-state index in [1.165, 1.54) is 6.92 Å². The van der Waals surface area contributed by atoms with Crippen LogP contribution in [0.2, 0.25) is 0 Å². The fourth-order valence-corrected chi connectivity index (χ4v) is 2.35. The number of halogens is 13. The Kier molecular flexibility index (Phi) is 8.18. The number of carbonyl (C=O) groups is 1. The van der Waals surface area contributed by atoms with E-state index in [9.17, 15) is 61.9 Å². The quantitative estimate of drug-likeness (QED) is 0.272. The number of ether oxygens (including phenoxy) is 1. The van der Waals surface area contributed by atoms with Gasteiger partial charge in [-0.15, -0.1) is 0 Å². The van der Waals surface area contributed by atoms with Crippen LogP contribution in [0, 0.1) is 11.8 Å². The predicted octanol–water partition coefficient (Wildman–Crippen LogP) is 6.34. The Hall–Kier alpha value is -1.44. The fourth-order valence-electron chi connectivity index (χ4n) is 2.35. The second-order valence-corrected chi connectivity index (χ2v) is 6.39. The molecule has 0 aliphatic heterocycles. The summed E-state index contributed by atoms with van der Waals surface area (Å²) in [7, 11) is 0. The maximum absolute atomic E-state index is 14.1. The molecule has 0 bridgehead atoms. The third-order valence-electron chi connectivity index (χ3n) is 4.32. The zero-order chi connectivity index (χ0) is 24.6. The van der Waals surface area contributed by atoms with E-state index in [4.69, 9.17) is 0 Å². The van der Waals surface area contributed by atoms with E-state index in [0.29, 0.717) is 0 Å². The van der Waals surface area contributed by atoms with Crippen LogP contribution in [0.4, 0.5) is 57.1 Å². The van der Waals surface area contributed by atoms with Crippen LogP contribution in [-0.2, 0) is 9.53 Å². The largest absolute Gasteiger partial charge is 0.465 e. The van der Waals surface area contributed by atoms with Gasteiger partial charge in [-0.05, 0) is 12.8 Å². The summed E-state index contributed by atoms with van der Waals surface area (Å²) < 4.78 is 176. The Morgan fingerprint density at radius 2 is 1.13 bits per heavy atom. The molecule has 0 heterocycles. The average Bonchev–Trinajstić information content (AvgIpc) is 2.58. The minimum Gasteiger partial charge on any atom is -0.465 e. The molecule has 0 saturated heterocycles. The first-order valence-corrected chi connectivity index (χ1v) is 8.21. The van der Waals surface area contributed by atoms with Gasteiger partial charge in [0.2, 0.25) is 0 Å². The van der Waals surface area contributed by atoms with Crippen molar-refractivity contribution < 1.29 is 66.6 Å². The van der Waals surface area contributed by atoms with Crippen molar-refractivity contribution >= 4 is 5.97 Å². The number of esters is 1. The summed E-state index contributed by atoms with van der Waals surface area (Å²) in [5, 5.41) is 0. The lowest BCUT2D eigenvalue weighted by Gasteiger charge is -2.42. The maximum Gasteiger partial charge on any atom is 0.460 e. The van der Waals surface area contributed by atoms with Gasteiger partial charge in [0.25, 0.3) is 0 Å². The normalized spacial score (nSPS) is 16.9. The molecule has 0 saturated carbocycles. The SMILES string of the molecule is CCCOC(=O)C(CC)C(C)C(F)(F)C(F)(F)C(F)(F)C(F)(F)C(F)(F)C(F)(F)F. The molecule has 15 heteroatoms.